The SMILES string of the molecule is COc1cc(C(N)=O)c(OCCCN2CCN(c3cccc4sccc34)CC2)c(C)c1C(C)S(=O)(=O)O.Cl. The number of anilines is 1. The molecule has 12 heteroatoms. The Kier molecular flexibility index (Phi) is 9.88. The van der Waals surface area contributed by atoms with Gasteiger partial charge in [-0.05, 0) is 49.9 Å². The van der Waals surface area contributed by atoms with Gasteiger partial charge in [-0.1, -0.05) is 6.07 Å². The molecule has 1 amide bonds. The van der Waals surface area contributed by atoms with Gasteiger partial charge < -0.3 is 20.1 Å². The van der Waals surface area contributed by atoms with Crippen molar-refractivity contribution >= 4 is 55.5 Å². The van der Waals surface area contributed by atoms with E-state index in [1.807, 2.05) is 0 Å². The lowest BCUT2D eigenvalue weighted by molar-refractivity contribution is 0.0995. The van der Waals surface area contributed by atoms with Crippen molar-refractivity contribution < 1.29 is 27.2 Å². The molecule has 0 bridgehead atoms. The van der Waals surface area contributed by atoms with Crippen molar-refractivity contribution in [2.45, 2.75) is 25.5 Å². The molecular weight excluding hydrogens is 550 g/mol. The first kappa shape index (κ1) is 30.0. The van der Waals surface area contributed by atoms with Crippen LogP contribution in [0.2, 0.25) is 0 Å². The number of fused-ring (bicyclic) bond motifs is 1. The number of primary amides is 1. The van der Waals surface area contributed by atoms with Gasteiger partial charge in [-0.3, -0.25) is 14.2 Å². The predicted octanol–water partition coefficient (Wildman–Crippen LogP) is 4.28. The van der Waals surface area contributed by atoms with Crippen molar-refractivity contribution in [1.29, 1.82) is 0 Å². The molecule has 0 aliphatic carbocycles. The van der Waals surface area contributed by atoms with Crippen molar-refractivity contribution in [1.82, 2.24) is 4.90 Å². The van der Waals surface area contributed by atoms with Gasteiger partial charge in [-0.25, -0.2) is 0 Å². The number of thiophene rings is 1. The minimum absolute atomic E-state index is 0. The second-order valence-corrected chi connectivity index (χ2v) is 11.8. The van der Waals surface area contributed by atoms with Crippen LogP contribution < -0.4 is 20.1 Å². The number of benzene rings is 2. The van der Waals surface area contributed by atoms with E-state index in [-0.39, 0.29) is 35.0 Å². The molecule has 4 rings (SSSR count). The highest BCUT2D eigenvalue weighted by Crippen LogP contribution is 2.40. The Morgan fingerprint density at radius 2 is 1.92 bits per heavy atom. The largest absolute Gasteiger partial charge is 0.496 e. The van der Waals surface area contributed by atoms with E-state index < -0.39 is 21.3 Å². The van der Waals surface area contributed by atoms with Crippen LogP contribution in [0, 0.1) is 6.92 Å². The van der Waals surface area contributed by atoms with Crippen LogP contribution in [0.4, 0.5) is 5.69 Å². The molecule has 0 spiro atoms. The molecule has 0 saturated carbocycles. The zero-order valence-electron chi connectivity index (χ0n) is 21.7. The van der Waals surface area contributed by atoms with E-state index in [0.717, 1.165) is 32.7 Å². The molecule has 208 valence electrons. The molecule has 1 saturated heterocycles. The molecule has 0 radical (unpaired) electrons. The molecule has 2 heterocycles. The lowest BCUT2D eigenvalue weighted by Gasteiger charge is -2.36. The van der Waals surface area contributed by atoms with Gasteiger partial charge in [0.15, 0.2) is 0 Å². The Bertz CT molecular complexity index is 1390. The predicted molar refractivity (Wildman–Crippen MR) is 154 cm³/mol. The quantitative estimate of drug-likeness (QED) is 0.268. The van der Waals surface area contributed by atoms with Crippen LogP contribution in [0.1, 0.15) is 40.1 Å². The Labute approximate surface area is 233 Å². The second-order valence-electron chi connectivity index (χ2n) is 9.16. The molecule has 1 unspecified atom stereocenters. The molecule has 1 aromatic heterocycles. The number of piperazine rings is 1. The molecule has 1 aliphatic rings. The number of methoxy groups -OCH3 is 1. The number of amides is 1. The summed E-state index contributed by atoms with van der Waals surface area (Å²) in [5.41, 5.74) is 7.60. The number of carbonyl (C=O) groups is 1. The number of nitrogens with two attached hydrogens (primary N) is 1. The highest BCUT2D eigenvalue weighted by atomic mass is 35.5. The Morgan fingerprint density at radius 1 is 1.21 bits per heavy atom. The van der Waals surface area contributed by atoms with E-state index in [0.29, 0.717) is 18.6 Å². The van der Waals surface area contributed by atoms with Gasteiger partial charge in [-0.15, -0.1) is 23.7 Å². The minimum atomic E-state index is -4.40. The third-order valence-corrected chi connectivity index (χ3v) is 8.93. The maximum Gasteiger partial charge on any atom is 0.271 e. The lowest BCUT2D eigenvalue weighted by Crippen LogP contribution is -2.46. The van der Waals surface area contributed by atoms with Gasteiger partial charge in [0.2, 0.25) is 0 Å². The topological polar surface area (TPSA) is 122 Å². The molecule has 2 aromatic carbocycles. The number of nitrogens with zero attached hydrogens (tertiary/aromatic N) is 2. The minimum Gasteiger partial charge on any atom is -0.496 e. The fourth-order valence-corrected chi connectivity index (χ4v) is 6.30. The van der Waals surface area contributed by atoms with E-state index >= 15 is 0 Å². The number of hydrogen-bond acceptors (Lipinski definition) is 8. The molecule has 1 aliphatic heterocycles. The normalized spacial score (nSPS) is 15.2. The number of hydrogen-bond donors (Lipinski definition) is 2. The maximum atomic E-state index is 12.1. The summed E-state index contributed by atoms with van der Waals surface area (Å²) in [6, 6.07) is 10.0. The van der Waals surface area contributed by atoms with Gasteiger partial charge in [0.05, 0.1) is 19.3 Å². The van der Waals surface area contributed by atoms with E-state index in [2.05, 4.69) is 39.4 Å². The molecule has 3 N–H and O–H groups in total. The number of rotatable bonds is 10. The number of halogens is 1. The summed E-state index contributed by atoms with van der Waals surface area (Å²) >= 11 is 1.76. The summed E-state index contributed by atoms with van der Waals surface area (Å²) in [6.45, 7) is 7.88. The van der Waals surface area contributed by atoms with Crippen molar-refractivity contribution in [2.24, 2.45) is 5.73 Å². The third-order valence-electron chi connectivity index (χ3n) is 6.92. The summed E-state index contributed by atoms with van der Waals surface area (Å²) in [7, 11) is -3.03. The number of ether oxygens (including phenoxy) is 2. The Balaban J connectivity index is 0.00000400. The van der Waals surface area contributed by atoms with Crippen LogP contribution in [0.3, 0.4) is 0 Å². The molecule has 9 nitrogen and oxygen atoms in total. The van der Waals surface area contributed by atoms with Gasteiger partial charge in [0.1, 0.15) is 16.7 Å². The fourth-order valence-electron chi connectivity index (χ4n) is 4.90. The fraction of sp³-hybridized carbons (Fsp3) is 0.423. The summed E-state index contributed by atoms with van der Waals surface area (Å²) in [6.07, 6.45) is 0.715. The molecular formula is C26H34ClN3O6S2. The van der Waals surface area contributed by atoms with Crippen LogP contribution in [0.5, 0.6) is 11.5 Å². The molecule has 1 fully saturated rings. The third kappa shape index (κ3) is 6.35. The first-order valence-corrected chi connectivity index (χ1v) is 14.5. The van der Waals surface area contributed by atoms with E-state index in [4.69, 9.17) is 15.2 Å². The van der Waals surface area contributed by atoms with Crippen LogP contribution in [0.25, 0.3) is 10.1 Å². The smallest absolute Gasteiger partial charge is 0.271 e. The van der Waals surface area contributed by atoms with Crippen molar-refractivity contribution in [3.8, 4) is 11.5 Å². The molecule has 1 atom stereocenters. The molecule has 38 heavy (non-hydrogen) atoms. The van der Waals surface area contributed by atoms with Crippen molar-refractivity contribution in [3.63, 3.8) is 0 Å². The first-order chi connectivity index (χ1) is 17.6. The summed E-state index contributed by atoms with van der Waals surface area (Å²) in [5.74, 6) is -0.341. The summed E-state index contributed by atoms with van der Waals surface area (Å²) in [5, 5.41) is 2.17. The average molecular weight is 584 g/mol. The first-order valence-electron chi connectivity index (χ1n) is 12.2. The van der Waals surface area contributed by atoms with Gasteiger partial charge >= 0.3 is 0 Å². The van der Waals surface area contributed by atoms with Crippen LogP contribution in [0.15, 0.2) is 35.7 Å². The Morgan fingerprint density at radius 3 is 2.55 bits per heavy atom. The van der Waals surface area contributed by atoms with Gasteiger partial charge in [-0.2, -0.15) is 8.42 Å². The van der Waals surface area contributed by atoms with E-state index in [1.165, 1.54) is 35.9 Å². The molecule has 3 aromatic rings. The van der Waals surface area contributed by atoms with Crippen LogP contribution in [-0.4, -0.2) is 70.2 Å². The lowest BCUT2D eigenvalue weighted by atomic mass is 9.99. The average Bonchev–Trinajstić information content (AvgIpc) is 3.35. The number of carbonyl (C=O) groups excluding carboxylic acids is 1. The highest BCUT2D eigenvalue weighted by molar-refractivity contribution is 7.86. The zero-order chi connectivity index (χ0) is 26.7. The summed E-state index contributed by atoms with van der Waals surface area (Å²) < 4.78 is 45.9. The highest BCUT2D eigenvalue weighted by Gasteiger charge is 2.29. The second kappa shape index (κ2) is 12.5. The van der Waals surface area contributed by atoms with Crippen molar-refractivity contribution in [2.75, 3.05) is 51.3 Å². The zero-order valence-corrected chi connectivity index (χ0v) is 24.1. The van der Waals surface area contributed by atoms with Crippen LogP contribution >= 0.6 is 23.7 Å². The summed E-state index contributed by atoms with van der Waals surface area (Å²) in [4.78, 5) is 16.9. The standard InChI is InChI=1S/C26H33N3O6S2.ClH/c1-17-24(18(2)37(31,32)33)22(34-3)16-20(26(27)30)25(17)35-14-5-9-28-10-12-29(13-11-28)21-6-4-7-23-19(21)8-15-36-23;/h4,6-8,15-16,18H,5,9-14H2,1-3H3,(H2,27,30)(H,31,32,33);1H. The van der Waals surface area contributed by atoms with E-state index in [9.17, 15) is 17.8 Å². The monoisotopic (exact) mass is 583 g/mol. The van der Waals surface area contributed by atoms with Gasteiger partial charge in [0.25, 0.3) is 16.0 Å². The Hall–Kier alpha value is -2.57. The van der Waals surface area contributed by atoms with E-state index in [1.54, 1.807) is 18.3 Å². The van der Waals surface area contributed by atoms with Gasteiger partial charge in [0, 0.05) is 59.6 Å². The van der Waals surface area contributed by atoms with Crippen LogP contribution in [-0.2, 0) is 10.1 Å². The van der Waals surface area contributed by atoms with Crippen molar-refractivity contribution in [3.05, 3.63) is 52.4 Å². The maximum absolute atomic E-state index is 12.1.